The van der Waals surface area contributed by atoms with E-state index in [2.05, 4.69) is 49.2 Å². The third-order valence-electron chi connectivity index (χ3n) is 7.53. The van der Waals surface area contributed by atoms with Crippen molar-refractivity contribution < 1.29 is 14.7 Å². The number of carbonyl (C=O) groups excluding carboxylic acids is 2. The van der Waals surface area contributed by atoms with Crippen molar-refractivity contribution in [2.45, 2.75) is 26.7 Å². The fourth-order valence-corrected chi connectivity index (χ4v) is 5.40. The summed E-state index contributed by atoms with van der Waals surface area (Å²) in [6, 6.07) is 3.30. The molecule has 0 aromatic carbocycles. The van der Waals surface area contributed by atoms with Gasteiger partial charge in [-0.1, -0.05) is 25.4 Å². The number of hydrogen-bond donors (Lipinski definition) is 3. The molecule has 1 saturated carbocycles. The van der Waals surface area contributed by atoms with Crippen LogP contribution >= 0.6 is 11.6 Å². The fourth-order valence-electron chi connectivity index (χ4n) is 5.19. The van der Waals surface area contributed by atoms with Crippen molar-refractivity contribution in [2.24, 2.45) is 16.7 Å². The summed E-state index contributed by atoms with van der Waals surface area (Å²) in [5.74, 6) is 1.23. The van der Waals surface area contributed by atoms with Gasteiger partial charge in [-0.2, -0.15) is 4.98 Å². The first-order valence-corrected chi connectivity index (χ1v) is 12.3. The molecule has 3 N–H and O–H groups in total. The van der Waals surface area contributed by atoms with E-state index < -0.39 is 0 Å². The molecular weight excluding hydrogens is 470 g/mol. The van der Waals surface area contributed by atoms with Gasteiger partial charge in [0.05, 0.1) is 24.7 Å². The Kier molecular flexibility index (Phi) is 6.04. The molecule has 2 atom stereocenters. The maximum atomic E-state index is 12.7. The molecule has 186 valence electrons. The fraction of sp³-hybridized carbons (Fsp3) is 0.542. The summed E-state index contributed by atoms with van der Waals surface area (Å²) in [6.45, 7) is 7.58. The van der Waals surface area contributed by atoms with Gasteiger partial charge in [0.15, 0.2) is 5.82 Å². The molecule has 35 heavy (non-hydrogen) atoms. The summed E-state index contributed by atoms with van der Waals surface area (Å²) in [5.41, 5.74) is 0.787. The maximum Gasteiger partial charge on any atom is 0.269 e. The predicted octanol–water partition coefficient (Wildman–Crippen LogP) is 2.08. The molecule has 11 heteroatoms. The first-order chi connectivity index (χ1) is 16.7. The smallest absolute Gasteiger partial charge is 0.269 e. The Hall–Kier alpha value is -2.98. The van der Waals surface area contributed by atoms with Crippen LogP contribution in [0.2, 0.25) is 5.02 Å². The number of aliphatic hydroxyl groups is 1. The SMILES string of the molecule is C[C@@]12CN(C(=O)C3CC3)C[C@]1(C)CN(c1nc(Nc3ccc(C(=O)NCCO)nc3)ncc1Cl)C2. The predicted molar refractivity (Wildman–Crippen MR) is 132 cm³/mol. The molecule has 0 radical (unpaired) electrons. The average Bonchev–Trinajstić information content (AvgIpc) is 3.60. The Morgan fingerprint density at radius 3 is 2.43 bits per heavy atom. The van der Waals surface area contributed by atoms with Gasteiger partial charge in [0.1, 0.15) is 10.7 Å². The van der Waals surface area contributed by atoms with E-state index in [1.807, 2.05) is 0 Å². The molecule has 2 aromatic rings. The van der Waals surface area contributed by atoms with Crippen molar-refractivity contribution in [3.63, 3.8) is 0 Å². The van der Waals surface area contributed by atoms with Crippen molar-refractivity contribution in [2.75, 3.05) is 49.5 Å². The summed E-state index contributed by atoms with van der Waals surface area (Å²) in [5, 5.41) is 15.0. The Labute approximate surface area is 209 Å². The van der Waals surface area contributed by atoms with Crippen molar-refractivity contribution in [1.82, 2.24) is 25.2 Å². The molecule has 0 spiro atoms. The van der Waals surface area contributed by atoms with Crippen LogP contribution in [0.4, 0.5) is 17.5 Å². The van der Waals surface area contributed by atoms with Crippen molar-refractivity contribution in [1.29, 1.82) is 0 Å². The Morgan fingerprint density at radius 2 is 1.83 bits per heavy atom. The third kappa shape index (κ3) is 4.52. The quantitative estimate of drug-likeness (QED) is 0.529. The van der Waals surface area contributed by atoms with Gasteiger partial charge in [0, 0.05) is 49.5 Å². The Bertz CT molecular complexity index is 1120. The number of halogens is 1. The van der Waals surface area contributed by atoms with Gasteiger partial charge in [-0.05, 0) is 25.0 Å². The molecule has 0 unspecified atom stereocenters. The molecular formula is C24H30ClN7O3. The van der Waals surface area contributed by atoms with Gasteiger partial charge in [0.25, 0.3) is 5.91 Å². The van der Waals surface area contributed by atoms with Crippen molar-refractivity contribution >= 4 is 40.9 Å². The van der Waals surface area contributed by atoms with Crippen LogP contribution in [0, 0.1) is 16.7 Å². The zero-order valence-electron chi connectivity index (χ0n) is 19.9. The standard InChI is InChI=1S/C24H30ClN7O3/c1-23-11-31(12-24(23,2)14-32(13-23)21(35)15-3-4-15)19-17(25)10-28-22(30-19)29-16-5-6-18(27-9-16)20(34)26-7-8-33/h5-6,9-10,15,33H,3-4,7-8,11-14H2,1-2H3,(H,26,34)(H,28,29,30)/t23-,24+. The summed E-state index contributed by atoms with van der Waals surface area (Å²) in [4.78, 5) is 42.0. The third-order valence-corrected chi connectivity index (χ3v) is 7.80. The minimum Gasteiger partial charge on any atom is -0.395 e. The number of fused-ring (bicyclic) bond motifs is 1. The van der Waals surface area contributed by atoms with E-state index in [-0.39, 0.29) is 41.5 Å². The maximum absolute atomic E-state index is 12.7. The average molecular weight is 500 g/mol. The molecule has 2 amide bonds. The lowest BCUT2D eigenvalue weighted by molar-refractivity contribution is -0.132. The molecule has 2 saturated heterocycles. The normalized spacial score (nSPS) is 25.5. The molecule has 5 rings (SSSR count). The summed E-state index contributed by atoms with van der Waals surface area (Å²) in [7, 11) is 0. The number of nitrogens with one attached hydrogen (secondary N) is 2. The first-order valence-electron chi connectivity index (χ1n) is 11.9. The van der Waals surface area contributed by atoms with Crippen LogP contribution in [-0.4, -0.2) is 76.1 Å². The van der Waals surface area contributed by atoms with Gasteiger partial charge in [-0.3, -0.25) is 9.59 Å². The van der Waals surface area contributed by atoms with Gasteiger partial charge in [0.2, 0.25) is 11.9 Å². The number of anilines is 3. The number of carbonyl (C=O) groups is 2. The highest BCUT2D eigenvalue weighted by Gasteiger charge is 2.59. The van der Waals surface area contributed by atoms with Gasteiger partial charge in [-0.25, -0.2) is 9.97 Å². The van der Waals surface area contributed by atoms with Crippen LogP contribution in [0.15, 0.2) is 24.5 Å². The van der Waals surface area contributed by atoms with Crippen LogP contribution in [-0.2, 0) is 4.79 Å². The number of aromatic nitrogens is 3. The molecule has 4 heterocycles. The molecule has 10 nitrogen and oxygen atoms in total. The zero-order valence-corrected chi connectivity index (χ0v) is 20.7. The second kappa shape index (κ2) is 8.91. The van der Waals surface area contributed by atoms with Gasteiger partial charge < -0.3 is 25.5 Å². The molecule has 3 aliphatic rings. The van der Waals surface area contributed by atoms with Gasteiger partial charge in [-0.15, -0.1) is 0 Å². The lowest BCUT2D eigenvalue weighted by atomic mass is 9.71. The molecule has 1 aliphatic carbocycles. The first kappa shape index (κ1) is 23.7. The lowest BCUT2D eigenvalue weighted by Gasteiger charge is -2.29. The number of rotatable bonds is 7. The van der Waals surface area contributed by atoms with Crippen LogP contribution in [0.25, 0.3) is 0 Å². The molecule has 2 aliphatic heterocycles. The molecule has 2 aromatic heterocycles. The van der Waals surface area contributed by atoms with Crippen LogP contribution in [0.1, 0.15) is 37.2 Å². The topological polar surface area (TPSA) is 124 Å². The minimum absolute atomic E-state index is 0.0459. The second-order valence-electron chi connectivity index (χ2n) is 10.3. The molecule has 0 bridgehead atoms. The number of hydrogen-bond acceptors (Lipinski definition) is 8. The highest BCUT2D eigenvalue weighted by molar-refractivity contribution is 6.32. The van der Waals surface area contributed by atoms with Crippen molar-refractivity contribution in [3.8, 4) is 0 Å². The van der Waals surface area contributed by atoms with E-state index in [4.69, 9.17) is 16.7 Å². The van der Waals surface area contributed by atoms with E-state index in [9.17, 15) is 9.59 Å². The zero-order chi connectivity index (χ0) is 24.8. The van der Waals surface area contributed by atoms with Crippen LogP contribution < -0.4 is 15.5 Å². The Balaban J connectivity index is 1.28. The van der Waals surface area contributed by atoms with E-state index >= 15 is 0 Å². The monoisotopic (exact) mass is 499 g/mol. The number of aliphatic hydroxyl groups excluding tert-OH is 1. The minimum atomic E-state index is -0.352. The van der Waals surface area contributed by atoms with E-state index in [0.717, 1.165) is 39.0 Å². The summed E-state index contributed by atoms with van der Waals surface area (Å²) in [6.07, 6.45) is 5.16. The van der Waals surface area contributed by atoms with Gasteiger partial charge >= 0.3 is 0 Å². The number of pyridine rings is 1. The van der Waals surface area contributed by atoms with Crippen LogP contribution in [0.3, 0.4) is 0 Å². The van der Waals surface area contributed by atoms with E-state index in [1.165, 1.54) is 6.20 Å². The second-order valence-corrected chi connectivity index (χ2v) is 10.8. The molecule has 3 fully saturated rings. The lowest BCUT2D eigenvalue weighted by Crippen LogP contribution is -2.36. The summed E-state index contributed by atoms with van der Waals surface area (Å²) < 4.78 is 0. The van der Waals surface area contributed by atoms with E-state index in [1.54, 1.807) is 18.3 Å². The van der Waals surface area contributed by atoms with Crippen molar-refractivity contribution in [3.05, 3.63) is 35.2 Å². The largest absolute Gasteiger partial charge is 0.395 e. The number of amides is 2. The highest BCUT2D eigenvalue weighted by Crippen LogP contribution is 2.53. The van der Waals surface area contributed by atoms with Crippen LogP contribution in [0.5, 0.6) is 0 Å². The summed E-state index contributed by atoms with van der Waals surface area (Å²) >= 11 is 6.52. The number of likely N-dealkylation sites (tertiary alicyclic amines) is 1. The Morgan fingerprint density at radius 1 is 1.11 bits per heavy atom. The number of nitrogens with zero attached hydrogens (tertiary/aromatic N) is 5. The van der Waals surface area contributed by atoms with E-state index in [0.29, 0.717) is 28.4 Å². The highest BCUT2D eigenvalue weighted by atomic mass is 35.5.